The molecule has 7 nitrogen and oxygen atoms in total. The number of amides is 1. The summed E-state index contributed by atoms with van der Waals surface area (Å²) < 4.78 is 1.69. The van der Waals surface area contributed by atoms with Crippen LogP contribution in [0.1, 0.15) is 23.5 Å². The number of aliphatic hydroxyl groups is 1. The molecular formula is C16H23N5O2S. The van der Waals surface area contributed by atoms with Gasteiger partial charge in [0.2, 0.25) is 5.91 Å². The second-order valence-electron chi connectivity index (χ2n) is 6.33. The second kappa shape index (κ2) is 7.42. The van der Waals surface area contributed by atoms with Crippen molar-refractivity contribution < 1.29 is 9.90 Å². The second-order valence-corrected chi connectivity index (χ2v) is 7.05. The lowest BCUT2D eigenvalue weighted by Gasteiger charge is -2.35. The predicted octanol–water partition coefficient (Wildman–Crippen LogP) is 0.708. The number of nitrogens with one attached hydrogen (secondary N) is 1. The van der Waals surface area contributed by atoms with Crippen molar-refractivity contribution >= 4 is 17.2 Å². The zero-order valence-electron chi connectivity index (χ0n) is 14.0. The first-order chi connectivity index (χ1) is 11.5. The van der Waals surface area contributed by atoms with E-state index in [1.54, 1.807) is 16.0 Å². The first kappa shape index (κ1) is 17.1. The van der Waals surface area contributed by atoms with Gasteiger partial charge in [0, 0.05) is 30.7 Å². The third-order valence-electron chi connectivity index (χ3n) is 4.28. The summed E-state index contributed by atoms with van der Waals surface area (Å²) in [4.78, 5) is 18.7. The number of nitrogens with zero attached hydrogens (tertiary/aromatic N) is 4. The SMILES string of the molecule is Cc1cc(C)n(CC(=O)N[C@@H]2CCN(Cc3cscn3)C[C@H]2O)n1. The van der Waals surface area contributed by atoms with Gasteiger partial charge in [-0.1, -0.05) is 0 Å². The van der Waals surface area contributed by atoms with Gasteiger partial charge in [0.1, 0.15) is 6.54 Å². The molecule has 0 radical (unpaired) electrons. The van der Waals surface area contributed by atoms with Crippen LogP contribution >= 0.6 is 11.3 Å². The fraction of sp³-hybridized carbons (Fsp3) is 0.562. The van der Waals surface area contributed by atoms with Crippen molar-refractivity contribution in [3.05, 3.63) is 34.0 Å². The molecule has 0 bridgehead atoms. The molecule has 3 heterocycles. The Balaban J connectivity index is 1.49. The number of aryl methyl sites for hydroxylation is 2. The van der Waals surface area contributed by atoms with Crippen LogP contribution in [0.4, 0.5) is 0 Å². The number of aliphatic hydroxyl groups excluding tert-OH is 1. The van der Waals surface area contributed by atoms with E-state index < -0.39 is 6.10 Å². The first-order valence-corrected chi connectivity index (χ1v) is 9.03. The van der Waals surface area contributed by atoms with Crippen molar-refractivity contribution in [1.82, 2.24) is 25.0 Å². The standard InChI is InChI=1S/C16H23N5O2S/c1-11-5-12(2)21(19-11)8-16(23)18-14-3-4-20(7-15(14)22)6-13-9-24-10-17-13/h5,9-10,14-15,22H,3-4,6-8H2,1-2H3,(H,18,23)/t14-,15-/m1/s1. The number of likely N-dealkylation sites (tertiary alicyclic amines) is 1. The molecule has 1 amide bonds. The van der Waals surface area contributed by atoms with Gasteiger partial charge in [-0.05, 0) is 26.3 Å². The molecule has 0 aliphatic carbocycles. The van der Waals surface area contributed by atoms with Crippen LogP contribution in [0.2, 0.25) is 0 Å². The maximum atomic E-state index is 12.2. The number of piperidine rings is 1. The maximum Gasteiger partial charge on any atom is 0.242 e. The van der Waals surface area contributed by atoms with Gasteiger partial charge in [-0.2, -0.15) is 5.10 Å². The summed E-state index contributed by atoms with van der Waals surface area (Å²) in [7, 11) is 0. The molecule has 1 fully saturated rings. The summed E-state index contributed by atoms with van der Waals surface area (Å²) in [5, 5.41) is 19.6. The molecule has 8 heteroatoms. The molecule has 0 unspecified atom stereocenters. The van der Waals surface area contributed by atoms with Crippen LogP contribution in [0.15, 0.2) is 17.0 Å². The number of carbonyl (C=O) groups excluding carboxylic acids is 1. The molecule has 0 saturated carbocycles. The van der Waals surface area contributed by atoms with Crippen molar-refractivity contribution in [3.63, 3.8) is 0 Å². The highest BCUT2D eigenvalue weighted by Crippen LogP contribution is 2.15. The molecule has 2 aromatic heterocycles. The van der Waals surface area contributed by atoms with Crippen LogP contribution < -0.4 is 5.32 Å². The summed E-state index contributed by atoms with van der Waals surface area (Å²) in [5.74, 6) is -0.113. The topological polar surface area (TPSA) is 83.3 Å². The molecule has 1 aliphatic rings. The molecule has 1 saturated heterocycles. The van der Waals surface area contributed by atoms with Gasteiger partial charge in [0.05, 0.1) is 29.0 Å². The molecule has 2 aromatic rings. The highest BCUT2D eigenvalue weighted by Gasteiger charge is 2.29. The molecule has 3 rings (SSSR count). The average Bonchev–Trinajstić information content (AvgIpc) is 3.12. The van der Waals surface area contributed by atoms with E-state index in [1.807, 2.05) is 30.8 Å². The fourth-order valence-corrected chi connectivity index (χ4v) is 3.63. The zero-order chi connectivity index (χ0) is 17.1. The van der Waals surface area contributed by atoms with Crippen molar-refractivity contribution in [1.29, 1.82) is 0 Å². The number of thiazole rings is 1. The van der Waals surface area contributed by atoms with Gasteiger partial charge in [0.25, 0.3) is 0 Å². The number of rotatable bonds is 5. The fourth-order valence-electron chi connectivity index (χ4n) is 3.08. The van der Waals surface area contributed by atoms with E-state index in [0.29, 0.717) is 6.54 Å². The minimum Gasteiger partial charge on any atom is -0.390 e. The van der Waals surface area contributed by atoms with Crippen molar-refractivity contribution in [2.24, 2.45) is 0 Å². The van der Waals surface area contributed by atoms with Crippen molar-refractivity contribution in [3.8, 4) is 0 Å². The number of hydrogen-bond donors (Lipinski definition) is 2. The molecule has 24 heavy (non-hydrogen) atoms. The summed E-state index contributed by atoms with van der Waals surface area (Å²) in [6.07, 6.45) is 0.163. The van der Waals surface area contributed by atoms with Crippen LogP contribution in [-0.2, 0) is 17.9 Å². The van der Waals surface area contributed by atoms with Crippen LogP contribution in [-0.4, -0.2) is 55.9 Å². The van der Waals surface area contributed by atoms with Gasteiger partial charge >= 0.3 is 0 Å². The van der Waals surface area contributed by atoms with Crippen LogP contribution in [0, 0.1) is 13.8 Å². The van der Waals surface area contributed by atoms with Gasteiger partial charge in [0.15, 0.2) is 0 Å². The summed E-state index contributed by atoms with van der Waals surface area (Å²) >= 11 is 1.58. The van der Waals surface area contributed by atoms with E-state index >= 15 is 0 Å². The number of aromatic nitrogens is 3. The molecular weight excluding hydrogens is 326 g/mol. The average molecular weight is 349 g/mol. The molecule has 2 atom stereocenters. The molecule has 130 valence electrons. The summed E-state index contributed by atoms with van der Waals surface area (Å²) in [6.45, 7) is 6.14. The third kappa shape index (κ3) is 4.19. The Labute approximate surface area is 145 Å². The molecule has 0 aromatic carbocycles. The molecule has 0 spiro atoms. The van der Waals surface area contributed by atoms with E-state index in [4.69, 9.17) is 0 Å². The van der Waals surface area contributed by atoms with Crippen LogP contribution in [0.3, 0.4) is 0 Å². The highest BCUT2D eigenvalue weighted by molar-refractivity contribution is 7.07. The lowest BCUT2D eigenvalue weighted by atomic mass is 10.0. The van der Waals surface area contributed by atoms with E-state index in [-0.39, 0.29) is 18.5 Å². The lowest BCUT2D eigenvalue weighted by molar-refractivity contribution is -0.124. The predicted molar refractivity (Wildman–Crippen MR) is 91.6 cm³/mol. The van der Waals surface area contributed by atoms with Crippen molar-refractivity contribution in [2.45, 2.75) is 45.5 Å². The Hall–Kier alpha value is -1.77. The summed E-state index contributed by atoms with van der Waals surface area (Å²) in [6, 6.07) is 1.74. The lowest BCUT2D eigenvalue weighted by Crippen LogP contribution is -2.54. The Bertz CT molecular complexity index is 685. The largest absolute Gasteiger partial charge is 0.390 e. The molecule has 1 aliphatic heterocycles. The highest BCUT2D eigenvalue weighted by atomic mass is 32.1. The van der Waals surface area contributed by atoms with Crippen molar-refractivity contribution in [2.75, 3.05) is 13.1 Å². The van der Waals surface area contributed by atoms with E-state index in [2.05, 4.69) is 20.3 Å². The number of carbonyl (C=O) groups is 1. The first-order valence-electron chi connectivity index (χ1n) is 8.09. The monoisotopic (exact) mass is 349 g/mol. The minimum absolute atomic E-state index is 0.113. The Kier molecular flexibility index (Phi) is 5.27. The van der Waals surface area contributed by atoms with Gasteiger partial charge in [-0.15, -0.1) is 11.3 Å². The number of β-amino-alcohol motifs (C(OH)–C–C–N with tert-alkyl or cyclic N) is 1. The van der Waals surface area contributed by atoms with Gasteiger partial charge in [-0.3, -0.25) is 14.4 Å². The van der Waals surface area contributed by atoms with Gasteiger partial charge in [-0.25, -0.2) is 4.98 Å². The van der Waals surface area contributed by atoms with Gasteiger partial charge < -0.3 is 10.4 Å². The Morgan fingerprint density at radius 1 is 1.50 bits per heavy atom. The quantitative estimate of drug-likeness (QED) is 0.831. The minimum atomic E-state index is -0.568. The Morgan fingerprint density at radius 2 is 2.33 bits per heavy atom. The molecule has 2 N–H and O–H groups in total. The van der Waals surface area contributed by atoms with E-state index in [0.717, 1.165) is 36.6 Å². The third-order valence-corrected chi connectivity index (χ3v) is 4.91. The normalized spacial score (nSPS) is 21.8. The number of hydrogen-bond acceptors (Lipinski definition) is 6. The maximum absolute atomic E-state index is 12.2. The van der Waals surface area contributed by atoms with Crippen LogP contribution in [0.25, 0.3) is 0 Å². The van der Waals surface area contributed by atoms with E-state index in [9.17, 15) is 9.90 Å². The summed E-state index contributed by atoms with van der Waals surface area (Å²) in [5.41, 5.74) is 4.70. The van der Waals surface area contributed by atoms with Crippen LogP contribution in [0.5, 0.6) is 0 Å². The Morgan fingerprint density at radius 3 is 2.96 bits per heavy atom. The van der Waals surface area contributed by atoms with E-state index in [1.165, 1.54) is 0 Å². The zero-order valence-corrected chi connectivity index (χ0v) is 14.8. The smallest absolute Gasteiger partial charge is 0.242 e.